The first kappa shape index (κ1) is 20.9. The Morgan fingerprint density at radius 2 is 1.63 bits per heavy atom. The topological polar surface area (TPSA) is 56.7 Å². The molecule has 0 amide bonds. The molecule has 0 radical (unpaired) electrons. The zero-order valence-corrected chi connectivity index (χ0v) is 17.7. The number of hydrogen-bond donors (Lipinski definition) is 3. The van der Waals surface area contributed by atoms with Crippen molar-refractivity contribution < 1.29 is 5.11 Å². The second-order valence-electron chi connectivity index (χ2n) is 8.65. The van der Waals surface area contributed by atoms with E-state index in [9.17, 15) is 5.11 Å². The second kappa shape index (κ2) is 8.09. The van der Waals surface area contributed by atoms with Gasteiger partial charge in [-0.15, -0.1) is 0 Å². The van der Waals surface area contributed by atoms with E-state index >= 15 is 0 Å². The van der Waals surface area contributed by atoms with Crippen LogP contribution in [0.25, 0.3) is 0 Å². The highest BCUT2D eigenvalue weighted by molar-refractivity contribution is 7.80. The molecule has 0 bridgehead atoms. The fourth-order valence-corrected chi connectivity index (χ4v) is 2.77. The molecule has 5 heteroatoms. The molecular formula is C22H29N3OS. The van der Waals surface area contributed by atoms with Crippen LogP contribution in [0.5, 0.6) is 5.75 Å². The van der Waals surface area contributed by atoms with Crippen LogP contribution in [0, 0.1) is 0 Å². The summed E-state index contributed by atoms with van der Waals surface area (Å²) in [7, 11) is 0. The monoisotopic (exact) mass is 383 g/mol. The summed E-state index contributed by atoms with van der Waals surface area (Å²) in [5.41, 5.74) is 6.20. The van der Waals surface area contributed by atoms with Gasteiger partial charge in [0.25, 0.3) is 0 Å². The third kappa shape index (κ3) is 5.79. The first-order chi connectivity index (χ1) is 12.5. The van der Waals surface area contributed by atoms with Crippen molar-refractivity contribution in [2.45, 2.75) is 52.4 Å². The molecule has 4 nitrogen and oxygen atoms in total. The van der Waals surface area contributed by atoms with Gasteiger partial charge in [-0.2, -0.15) is 5.10 Å². The first-order valence-corrected chi connectivity index (χ1v) is 9.42. The maximum absolute atomic E-state index is 10.7. The van der Waals surface area contributed by atoms with Crippen molar-refractivity contribution in [2.75, 3.05) is 5.32 Å². The third-order valence-electron chi connectivity index (χ3n) is 4.21. The van der Waals surface area contributed by atoms with Crippen LogP contribution in [0.4, 0.5) is 5.69 Å². The van der Waals surface area contributed by atoms with E-state index in [-0.39, 0.29) is 16.6 Å². The van der Waals surface area contributed by atoms with Crippen LogP contribution in [0.15, 0.2) is 47.6 Å². The smallest absolute Gasteiger partial charge is 0.191 e. The van der Waals surface area contributed by atoms with Crippen LogP contribution in [0.2, 0.25) is 0 Å². The predicted octanol–water partition coefficient (Wildman–Crippen LogP) is 5.31. The fraction of sp³-hybridized carbons (Fsp3) is 0.364. The molecule has 3 N–H and O–H groups in total. The molecule has 0 spiro atoms. The molecule has 0 heterocycles. The molecule has 2 aromatic rings. The Labute approximate surface area is 167 Å². The van der Waals surface area contributed by atoms with Crippen molar-refractivity contribution >= 4 is 29.2 Å². The molecule has 0 aliphatic rings. The van der Waals surface area contributed by atoms with Crippen LogP contribution in [0.3, 0.4) is 0 Å². The SMILES string of the molecule is CC(C)(C)c1cc(C=NNC(=S)Nc2ccccc2)c(O)c(C(C)(C)C)c1. The summed E-state index contributed by atoms with van der Waals surface area (Å²) in [5.74, 6) is 0.253. The van der Waals surface area contributed by atoms with Gasteiger partial charge in [-0.3, -0.25) is 5.43 Å². The number of nitrogens with one attached hydrogen (secondary N) is 2. The minimum Gasteiger partial charge on any atom is -0.507 e. The lowest BCUT2D eigenvalue weighted by Gasteiger charge is -2.26. The van der Waals surface area contributed by atoms with Crippen molar-refractivity contribution in [3.63, 3.8) is 0 Å². The lowest BCUT2D eigenvalue weighted by atomic mass is 9.79. The number of anilines is 1. The van der Waals surface area contributed by atoms with E-state index in [4.69, 9.17) is 12.2 Å². The van der Waals surface area contributed by atoms with E-state index in [0.29, 0.717) is 10.7 Å². The van der Waals surface area contributed by atoms with Crippen molar-refractivity contribution in [1.82, 2.24) is 5.43 Å². The number of phenolic OH excluding ortho intramolecular Hbond substituents is 1. The molecule has 0 saturated carbocycles. The lowest BCUT2D eigenvalue weighted by Crippen LogP contribution is -2.24. The van der Waals surface area contributed by atoms with Crippen molar-refractivity contribution in [3.8, 4) is 5.75 Å². The summed E-state index contributed by atoms with van der Waals surface area (Å²) in [6, 6.07) is 13.7. The van der Waals surface area contributed by atoms with Crippen LogP contribution in [0.1, 0.15) is 58.2 Å². The third-order valence-corrected chi connectivity index (χ3v) is 4.41. The van der Waals surface area contributed by atoms with E-state index in [1.807, 2.05) is 36.4 Å². The Morgan fingerprint density at radius 3 is 2.19 bits per heavy atom. The molecule has 144 valence electrons. The van der Waals surface area contributed by atoms with Crippen molar-refractivity contribution in [1.29, 1.82) is 0 Å². The molecule has 0 saturated heterocycles. The number of rotatable bonds is 3. The highest BCUT2D eigenvalue weighted by Gasteiger charge is 2.24. The maximum atomic E-state index is 10.7. The largest absolute Gasteiger partial charge is 0.507 e. The van der Waals surface area contributed by atoms with E-state index in [1.54, 1.807) is 6.21 Å². The van der Waals surface area contributed by atoms with Crippen molar-refractivity contribution in [2.24, 2.45) is 5.10 Å². The summed E-state index contributed by atoms with van der Waals surface area (Å²) in [6.45, 7) is 12.7. The lowest BCUT2D eigenvalue weighted by molar-refractivity contribution is 0.444. The number of hydrogen-bond acceptors (Lipinski definition) is 3. The zero-order valence-electron chi connectivity index (χ0n) is 16.9. The Balaban J connectivity index is 2.24. The predicted molar refractivity (Wildman–Crippen MR) is 119 cm³/mol. The van der Waals surface area contributed by atoms with Gasteiger partial charge in [-0.05, 0) is 46.8 Å². The minimum absolute atomic E-state index is 0.0338. The van der Waals surface area contributed by atoms with E-state index < -0.39 is 0 Å². The number of para-hydroxylation sites is 1. The molecule has 0 fully saturated rings. The van der Waals surface area contributed by atoms with Crippen LogP contribution in [-0.2, 0) is 10.8 Å². The van der Waals surface area contributed by atoms with Gasteiger partial charge in [-0.1, -0.05) is 65.8 Å². The highest BCUT2D eigenvalue weighted by Crippen LogP contribution is 2.37. The van der Waals surface area contributed by atoms with Gasteiger partial charge in [0, 0.05) is 16.8 Å². The van der Waals surface area contributed by atoms with Gasteiger partial charge in [0.1, 0.15) is 5.75 Å². The summed E-state index contributed by atoms with van der Waals surface area (Å²) in [4.78, 5) is 0. The molecule has 0 aromatic heterocycles. The zero-order chi connectivity index (χ0) is 20.2. The molecule has 2 aromatic carbocycles. The molecule has 27 heavy (non-hydrogen) atoms. The molecule has 2 rings (SSSR count). The summed E-state index contributed by atoms with van der Waals surface area (Å²) in [6.07, 6.45) is 1.61. The first-order valence-electron chi connectivity index (χ1n) is 9.01. The second-order valence-corrected chi connectivity index (χ2v) is 9.06. The molecule has 0 aliphatic carbocycles. The van der Waals surface area contributed by atoms with Gasteiger partial charge in [0.2, 0.25) is 0 Å². The fourth-order valence-electron chi connectivity index (χ4n) is 2.60. The van der Waals surface area contributed by atoms with Crippen LogP contribution in [-0.4, -0.2) is 16.4 Å². The normalized spacial score (nSPS) is 12.2. The molecule has 0 unspecified atom stereocenters. The average Bonchev–Trinajstić information content (AvgIpc) is 2.55. The molecular weight excluding hydrogens is 354 g/mol. The quantitative estimate of drug-likeness (QED) is 0.382. The number of benzene rings is 2. The average molecular weight is 384 g/mol. The Kier molecular flexibility index (Phi) is 6.26. The van der Waals surface area contributed by atoms with Crippen LogP contribution >= 0.6 is 12.2 Å². The molecule has 0 aliphatic heterocycles. The highest BCUT2D eigenvalue weighted by atomic mass is 32.1. The van der Waals surface area contributed by atoms with Gasteiger partial charge in [0.05, 0.1) is 6.21 Å². The Morgan fingerprint density at radius 1 is 1.00 bits per heavy atom. The van der Waals surface area contributed by atoms with Gasteiger partial charge >= 0.3 is 0 Å². The number of phenols is 1. The van der Waals surface area contributed by atoms with Crippen molar-refractivity contribution in [3.05, 3.63) is 59.2 Å². The van der Waals surface area contributed by atoms with Gasteiger partial charge < -0.3 is 10.4 Å². The summed E-state index contributed by atoms with van der Waals surface area (Å²) >= 11 is 5.26. The summed E-state index contributed by atoms with van der Waals surface area (Å²) < 4.78 is 0. The maximum Gasteiger partial charge on any atom is 0.191 e. The van der Waals surface area contributed by atoms with Gasteiger partial charge in [0.15, 0.2) is 5.11 Å². The van der Waals surface area contributed by atoms with Crippen LogP contribution < -0.4 is 10.7 Å². The Bertz CT molecular complexity index is 831. The number of thiocarbonyl (C=S) groups is 1. The minimum atomic E-state index is -0.175. The number of nitrogens with zero attached hydrogens (tertiary/aromatic N) is 1. The van der Waals surface area contributed by atoms with E-state index in [1.165, 1.54) is 0 Å². The number of hydrazone groups is 1. The van der Waals surface area contributed by atoms with E-state index in [2.05, 4.69) is 63.5 Å². The molecule has 0 atom stereocenters. The standard InChI is InChI=1S/C22H29N3OS/c1-21(2,3)16-12-15(19(26)18(13-16)22(4,5)6)14-23-25-20(27)24-17-10-8-7-9-11-17/h7-14,26H,1-6H3,(H2,24,25,27). The number of aromatic hydroxyl groups is 1. The summed E-state index contributed by atoms with van der Waals surface area (Å²) in [5, 5.41) is 18.4. The van der Waals surface area contributed by atoms with Gasteiger partial charge in [-0.25, -0.2) is 0 Å². The Hall–Kier alpha value is -2.40. The van der Waals surface area contributed by atoms with E-state index in [0.717, 1.165) is 16.8 Å².